The fraction of sp³-hybridized carbons (Fsp3) is 0.278. The zero-order valence-electron chi connectivity index (χ0n) is 16.7. The van der Waals surface area contributed by atoms with Gasteiger partial charge in [-0.25, -0.2) is 9.97 Å². The molecule has 2 amide bonds. The molecule has 0 fully saturated rings. The molecule has 1 unspecified atom stereocenters. The van der Waals surface area contributed by atoms with E-state index in [4.69, 9.17) is 5.73 Å². The molecule has 3 N–H and O–H groups in total. The van der Waals surface area contributed by atoms with Crippen molar-refractivity contribution in [1.29, 1.82) is 0 Å². The van der Waals surface area contributed by atoms with Crippen LogP contribution in [0.3, 0.4) is 0 Å². The highest BCUT2D eigenvalue weighted by Gasteiger charge is 2.37. The first-order valence-corrected chi connectivity index (χ1v) is 9.78. The van der Waals surface area contributed by atoms with Crippen LogP contribution in [0.1, 0.15) is 55.8 Å². The first kappa shape index (κ1) is 24.2. The quantitative estimate of drug-likeness (QED) is 0.528. The van der Waals surface area contributed by atoms with Gasteiger partial charge in [-0.15, -0.1) is 5.10 Å². The Morgan fingerprint density at radius 2 is 1.67 bits per heavy atom. The summed E-state index contributed by atoms with van der Waals surface area (Å²) in [5.41, 5.74) is 1.13. The smallest absolute Gasteiger partial charge is 0.365 e. The van der Waals surface area contributed by atoms with Crippen LogP contribution in [0.2, 0.25) is 0 Å². The van der Waals surface area contributed by atoms with Gasteiger partial charge in [0, 0.05) is 5.56 Å². The average Bonchev–Trinajstić information content (AvgIpc) is 3.33. The number of rotatable bonds is 5. The monoisotopic (exact) mass is 492 g/mol. The van der Waals surface area contributed by atoms with Crippen molar-refractivity contribution in [2.45, 2.75) is 32.2 Å². The maximum Gasteiger partial charge on any atom is 0.416 e. The van der Waals surface area contributed by atoms with Crippen LogP contribution in [-0.2, 0) is 12.4 Å². The number of primary amides is 1. The number of aromatic nitrogens is 4. The van der Waals surface area contributed by atoms with E-state index in [1.54, 1.807) is 0 Å². The molecule has 176 valence electrons. The minimum atomic E-state index is -5.10. The van der Waals surface area contributed by atoms with Crippen molar-refractivity contribution in [1.82, 2.24) is 25.1 Å². The second-order valence-corrected chi connectivity index (χ2v) is 7.80. The van der Waals surface area contributed by atoms with Crippen molar-refractivity contribution in [3.8, 4) is 5.13 Å². The van der Waals surface area contributed by atoms with E-state index >= 15 is 0 Å². The van der Waals surface area contributed by atoms with Crippen molar-refractivity contribution in [2.24, 2.45) is 5.73 Å². The Morgan fingerprint density at radius 1 is 1.09 bits per heavy atom. The van der Waals surface area contributed by atoms with Gasteiger partial charge < -0.3 is 11.1 Å². The molecule has 0 aliphatic carbocycles. The third-order valence-corrected chi connectivity index (χ3v) is 5.23. The largest absolute Gasteiger partial charge is 0.416 e. The van der Waals surface area contributed by atoms with E-state index in [-0.39, 0.29) is 27.7 Å². The third-order valence-electron chi connectivity index (χ3n) is 4.24. The van der Waals surface area contributed by atoms with Crippen LogP contribution in [0.15, 0.2) is 24.4 Å². The average molecular weight is 492 g/mol. The lowest BCUT2D eigenvalue weighted by Gasteiger charge is -2.16. The fourth-order valence-electron chi connectivity index (χ4n) is 2.76. The van der Waals surface area contributed by atoms with E-state index in [1.807, 2.05) is 0 Å². The van der Waals surface area contributed by atoms with Crippen molar-refractivity contribution in [3.05, 3.63) is 57.6 Å². The van der Waals surface area contributed by atoms with Gasteiger partial charge in [-0.3, -0.25) is 9.59 Å². The van der Waals surface area contributed by atoms with Gasteiger partial charge in [0.05, 0.1) is 23.4 Å². The number of carbonyl (C=O) groups is 2. The predicted molar refractivity (Wildman–Crippen MR) is 103 cm³/mol. The Morgan fingerprint density at radius 3 is 2.15 bits per heavy atom. The van der Waals surface area contributed by atoms with E-state index in [0.29, 0.717) is 12.1 Å². The first-order valence-electron chi connectivity index (χ1n) is 8.96. The highest BCUT2D eigenvalue weighted by atomic mass is 32.1. The SMILES string of the molecule is Cc1nc(C(C)NC(=O)c2cc(C(F)(F)F)cc(C(F)(F)F)c2)n(-c2ncc(C(N)=O)s2)n1. The molecule has 1 aromatic carbocycles. The zero-order chi connectivity index (χ0) is 24.7. The molecule has 0 aliphatic rings. The van der Waals surface area contributed by atoms with Gasteiger partial charge in [0.25, 0.3) is 11.8 Å². The van der Waals surface area contributed by atoms with Crippen LogP contribution in [0.25, 0.3) is 5.13 Å². The molecule has 0 aliphatic heterocycles. The van der Waals surface area contributed by atoms with Gasteiger partial charge in [0.15, 0.2) is 5.82 Å². The molecule has 8 nitrogen and oxygen atoms in total. The number of nitrogens with two attached hydrogens (primary N) is 1. The lowest BCUT2D eigenvalue weighted by atomic mass is 10.0. The molecule has 2 aromatic heterocycles. The van der Waals surface area contributed by atoms with Crippen molar-refractivity contribution >= 4 is 23.2 Å². The van der Waals surface area contributed by atoms with Crippen LogP contribution in [0.4, 0.5) is 26.3 Å². The van der Waals surface area contributed by atoms with Crippen molar-refractivity contribution in [3.63, 3.8) is 0 Å². The zero-order valence-corrected chi connectivity index (χ0v) is 17.6. The van der Waals surface area contributed by atoms with Gasteiger partial charge in [0.1, 0.15) is 10.7 Å². The highest BCUT2D eigenvalue weighted by molar-refractivity contribution is 7.16. The molecule has 33 heavy (non-hydrogen) atoms. The Balaban J connectivity index is 1.94. The van der Waals surface area contributed by atoms with E-state index in [0.717, 1.165) is 11.3 Å². The van der Waals surface area contributed by atoms with Crippen LogP contribution in [0, 0.1) is 6.92 Å². The molecular weight excluding hydrogens is 478 g/mol. The Kier molecular flexibility index (Phi) is 6.19. The first-order chi connectivity index (χ1) is 15.2. The number of benzene rings is 1. The summed E-state index contributed by atoms with van der Waals surface area (Å²) in [4.78, 5) is 32.1. The van der Waals surface area contributed by atoms with E-state index < -0.39 is 46.9 Å². The van der Waals surface area contributed by atoms with Crippen LogP contribution >= 0.6 is 11.3 Å². The Labute approximate surface area is 185 Å². The van der Waals surface area contributed by atoms with Crippen LogP contribution in [-0.4, -0.2) is 31.6 Å². The lowest BCUT2D eigenvalue weighted by Crippen LogP contribution is -2.29. The summed E-state index contributed by atoms with van der Waals surface area (Å²) in [5, 5.41) is 6.58. The number of aryl methyl sites for hydroxylation is 1. The van der Waals surface area contributed by atoms with Crippen molar-refractivity contribution < 1.29 is 35.9 Å². The molecule has 1 atom stereocenters. The Bertz CT molecular complexity index is 1180. The van der Waals surface area contributed by atoms with Gasteiger partial charge in [-0.2, -0.15) is 31.0 Å². The molecule has 15 heteroatoms. The number of hydrogen-bond donors (Lipinski definition) is 2. The number of hydrogen-bond acceptors (Lipinski definition) is 6. The molecule has 0 saturated carbocycles. The normalized spacial score (nSPS) is 13.1. The van der Waals surface area contributed by atoms with Gasteiger partial charge in [-0.05, 0) is 32.0 Å². The molecule has 3 rings (SSSR count). The van der Waals surface area contributed by atoms with E-state index in [9.17, 15) is 35.9 Å². The summed E-state index contributed by atoms with van der Waals surface area (Å²) >= 11 is 0.876. The summed E-state index contributed by atoms with van der Waals surface area (Å²) < 4.78 is 79.6. The standard InChI is InChI=1S/C18H14F6N6O2S/c1-7(14-28-8(2)29-30(14)16-26-6-12(33-16)13(25)31)27-15(32)9-3-10(17(19,20)21)5-11(4-9)18(22,23)24/h3-7H,1-2H3,(H2,25,31)(H,27,32). The third kappa shape index (κ3) is 5.30. The summed E-state index contributed by atoms with van der Waals surface area (Å²) in [7, 11) is 0. The Hall–Kier alpha value is -3.49. The minimum Gasteiger partial charge on any atom is -0.365 e. The lowest BCUT2D eigenvalue weighted by molar-refractivity contribution is -0.143. The van der Waals surface area contributed by atoms with Gasteiger partial charge in [-0.1, -0.05) is 11.3 Å². The molecule has 0 saturated heterocycles. The number of amides is 2. The summed E-state index contributed by atoms with van der Waals surface area (Å²) in [5.74, 6) is -1.61. The van der Waals surface area contributed by atoms with E-state index in [2.05, 4.69) is 20.4 Å². The highest BCUT2D eigenvalue weighted by Crippen LogP contribution is 2.36. The number of thiazole rings is 1. The molecule has 0 spiro atoms. The second-order valence-electron chi connectivity index (χ2n) is 6.79. The van der Waals surface area contributed by atoms with Crippen molar-refractivity contribution in [2.75, 3.05) is 0 Å². The number of halogens is 6. The van der Waals surface area contributed by atoms with Crippen LogP contribution in [0.5, 0.6) is 0 Å². The molecule has 0 bridgehead atoms. The summed E-state index contributed by atoms with van der Waals surface area (Å²) in [6.45, 7) is 2.91. The topological polar surface area (TPSA) is 116 Å². The number of alkyl halides is 6. The molecule has 2 heterocycles. The number of nitrogens with zero attached hydrogens (tertiary/aromatic N) is 4. The summed E-state index contributed by atoms with van der Waals surface area (Å²) in [6, 6.07) is -0.428. The molecule has 3 aromatic rings. The van der Waals surface area contributed by atoms with Crippen LogP contribution < -0.4 is 11.1 Å². The minimum absolute atomic E-state index is 0.0705. The predicted octanol–water partition coefficient (Wildman–Crippen LogP) is 3.66. The number of nitrogens with one attached hydrogen (secondary N) is 1. The molecule has 0 radical (unpaired) electrons. The maximum absolute atomic E-state index is 13.1. The van der Waals surface area contributed by atoms with Gasteiger partial charge >= 0.3 is 12.4 Å². The fourth-order valence-corrected chi connectivity index (χ4v) is 3.49. The maximum atomic E-state index is 13.1. The molecular formula is C18H14F6N6O2S. The summed E-state index contributed by atoms with van der Waals surface area (Å²) in [6.07, 6.45) is -8.99. The second kappa shape index (κ2) is 8.46. The van der Waals surface area contributed by atoms with Gasteiger partial charge in [0.2, 0.25) is 5.13 Å². The van der Waals surface area contributed by atoms with E-state index in [1.165, 1.54) is 24.7 Å². The number of carbonyl (C=O) groups excluding carboxylic acids is 2.